The van der Waals surface area contributed by atoms with E-state index in [1.807, 2.05) is 32.0 Å². The highest BCUT2D eigenvalue weighted by atomic mass is 16.1. The molecule has 0 bridgehead atoms. The van der Waals surface area contributed by atoms with Gasteiger partial charge in [-0.05, 0) is 43.2 Å². The molecular formula is C17H17N3O. The largest absolute Gasteiger partial charge is 0.320 e. The van der Waals surface area contributed by atoms with E-state index in [9.17, 15) is 4.79 Å². The van der Waals surface area contributed by atoms with E-state index in [4.69, 9.17) is 5.73 Å². The molecule has 0 atom stereocenters. The monoisotopic (exact) mass is 279 g/mol. The van der Waals surface area contributed by atoms with Gasteiger partial charge in [0.25, 0.3) is 5.91 Å². The highest BCUT2D eigenvalue weighted by Gasteiger charge is 2.13. The highest BCUT2D eigenvalue weighted by Crippen LogP contribution is 2.19. The number of benzene rings is 1. The van der Waals surface area contributed by atoms with Gasteiger partial charge in [0, 0.05) is 11.9 Å². The van der Waals surface area contributed by atoms with Crippen LogP contribution in [0.25, 0.3) is 0 Å². The Labute approximate surface area is 124 Å². The van der Waals surface area contributed by atoms with Gasteiger partial charge in [-0.15, -0.1) is 0 Å². The zero-order valence-corrected chi connectivity index (χ0v) is 12.1. The summed E-state index contributed by atoms with van der Waals surface area (Å²) in [6.45, 7) is 4.22. The van der Waals surface area contributed by atoms with Crippen molar-refractivity contribution in [1.29, 1.82) is 0 Å². The van der Waals surface area contributed by atoms with Crippen LogP contribution in [0.2, 0.25) is 0 Å². The van der Waals surface area contributed by atoms with Crippen molar-refractivity contribution in [2.75, 3.05) is 11.9 Å². The lowest BCUT2D eigenvalue weighted by molar-refractivity contribution is 0.102. The van der Waals surface area contributed by atoms with E-state index in [0.717, 1.165) is 16.8 Å². The normalized spacial score (nSPS) is 9.67. The van der Waals surface area contributed by atoms with Gasteiger partial charge in [-0.1, -0.05) is 24.0 Å². The smallest absolute Gasteiger partial charge is 0.275 e. The van der Waals surface area contributed by atoms with E-state index in [2.05, 4.69) is 22.1 Å². The van der Waals surface area contributed by atoms with Crippen molar-refractivity contribution in [1.82, 2.24) is 4.98 Å². The van der Waals surface area contributed by atoms with Gasteiger partial charge < -0.3 is 11.1 Å². The summed E-state index contributed by atoms with van der Waals surface area (Å²) < 4.78 is 0. The van der Waals surface area contributed by atoms with E-state index in [1.165, 1.54) is 0 Å². The molecule has 1 aromatic carbocycles. The first-order valence-electron chi connectivity index (χ1n) is 6.65. The zero-order valence-electron chi connectivity index (χ0n) is 12.1. The Morgan fingerprint density at radius 1 is 1.29 bits per heavy atom. The lowest BCUT2D eigenvalue weighted by atomic mass is 10.1. The minimum Gasteiger partial charge on any atom is -0.320 e. The number of hydrogen-bond donors (Lipinski definition) is 2. The SMILES string of the molecule is Cc1cccc(NC(=O)c2ncccc2C#CCN)c1C. The van der Waals surface area contributed by atoms with E-state index in [1.54, 1.807) is 18.3 Å². The fraction of sp³-hybridized carbons (Fsp3) is 0.176. The predicted molar refractivity (Wildman–Crippen MR) is 84.0 cm³/mol. The summed E-state index contributed by atoms with van der Waals surface area (Å²) >= 11 is 0. The maximum absolute atomic E-state index is 12.4. The van der Waals surface area contributed by atoms with Crippen molar-refractivity contribution in [3.8, 4) is 11.8 Å². The Hall–Kier alpha value is -2.64. The molecule has 0 aliphatic carbocycles. The number of anilines is 1. The van der Waals surface area contributed by atoms with Crippen LogP contribution in [0.15, 0.2) is 36.5 Å². The lowest BCUT2D eigenvalue weighted by Crippen LogP contribution is -2.16. The number of nitrogens with one attached hydrogen (secondary N) is 1. The van der Waals surface area contributed by atoms with Crippen LogP contribution in [-0.2, 0) is 0 Å². The van der Waals surface area contributed by atoms with Crippen molar-refractivity contribution in [2.45, 2.75) is 13.8 Å². The van der Waals surface area contributed by atoms with Crippen LogP contribution in [0.1, 0.15) is 27.2 Å². The maximum Gasteiger partial charge on any atom is 0.275 e. The summed E-state index contributed by atoms with van der Waals surface area (Å²) in [6, 6.07) is 9.28. The van der Waals surface area contributed by atoms with Crippen molar-refractivity contribution >= 4 is 11.6 Å². The third kappa shape index (κ3) is 3.47. The van der Waals surface area contributed by atoms with Crippen molar-refractivity contribution in [3.63, 3.8) is 0 Å². The molecule has 0 spiro atoms. The summed E-state index contributed by atoms with van der Waals surface area (Å²) in [7, 11) is 0. The number of aromatic nitrogens is 1. The Balaban J connectivity index is 2.31. The molecular weight excluding hydrogens is 262 g/mol. The first kappa shape index (κ1) is 14.8. The van der Waals surface area contributed by atoms with Gasteiger partial charge in [0.05, 0.1) is 12.1 Å². The molecule has 4 heteroatoms. The second-order valence-electron chi connectivity index (χ2n) is 4.61. The zero-order chi connectivity index (χ0) is 15.2. The number of pyridine rings is 1. The van der Waals surface area contributed by atoms with Crippen LogP contribution in [-0.4, -0.2) is 17.4 Å². The van der Waals surface area contributed by atoms with Gasteiger partial charge >= 0.3 is 0 Å². The Kier molecular flexibility index (Phi) is 4.70. The summed E-state index contributed by atoms with van der Waals surface area (Å²) in [5, 5.41) is 2.88. The number of aryl methyl sites for hydroxylation is 1. The minimum atomic E-state index is -0.273. The van der Waals surface area contributed by atoms with Gasteiger partial charge in [0.15, 0.2) is 0 Å². The van der Waals surface area contributed by atoms with Crippen molar-refractivity contribution in [2.24, 2.45) is 5.73 Å². The Bertz CT molecular complexity index is 726. The molecule has 0 aliphatic heterocycles. The second kappa shape index (κ2) is 6.69. The summed E-state index contributed by atoms with van der Waals surface area (Å²) in [6.07, 6.45) is 1.58. The van der Waals surface area contributed by atoms with Crippen LogP contribution < -0.4 is 11.1 Å². The Morgan fingerprint density at radius 2 is 2.10 bits per heavy atom. The molecule has 0 saturated carbocycles. The van der Waals surface area contributed by atoms with Crippen LogP contribution >= 0.6 is 0 Å². The number of nitrogens with two attached hydrogens (primary N) is 1. The molecule has 21 heavy (non-hydrogen) atoms. The molecule has 3 N–H and O–H groups in total. The van der Waals surface area contributed by atoms with Crippen LogP contribution in [0.5, 0.6) is 0 Å². The third-order valence-electron chi connectivity index (χ3n) is 3.20. The number of amides is 1. The summed E-state index contributed by atoms with van der Waals surface area (Å²) in [4.78, 5) is 16.5. The third-order valence-corrected chi connectivity index (χ3v) is 3.20. The molecule has 1 amide bonds. The van der Waals surface area contributed by atoms with Gasteiger partial charge in [0.1, 0.15) is 5.69 Å². The average molecular weight is 279 g/mol. The molecule has 0 saturated heterocycles. The minimum absolute atomic E-state index is 0.243. The number of carbonyl (C=O) groups is 1. The molecule has 0 fully saturated rings. The number of carbonyl (C=O) groups excluding carboxylic acids is 1. The molecule has 0 unspecified atom stereocenters. The van der Waals surface area contributed by atoms with Gasteiger partial charge in [0.2, 0.25) is 0 Å². The van der Waals surface area contributed by atoms with Crippen LogP contribution in [0, 0.1) is 25.7 Å². The van der Waals surface area contributed by atoms with Gasteiger partial charge in [-0.25, -0.2) is 4.98 Å². The number of hydrogen-bond acceptors (Lipinski definition) is 3. The van der Waals surface area contributed by atoms with Gasteiger partial charge in [-0.3, -0.25) is 4.79 Å². The fourth-order valence-electron chi connectivity index (χ4n) is 1.90. The average Bonchev–Trinajstić information content (AvgIpc) is 2.50. The predicted octanol–water partition coefficient (Wildman–Crippen LogP) is 2.26. The number of nitrogens with zero attached hydrogens (tertiary/aromatic N) is 1. The van der Waals surface area contributed by atoms with Crippen LogP contribution in [0.4, 0.5) is 5.69 Å². The van der Waals surface area contributed by atoms with Gasteiger partial charge in [-0.2, -0.15) is 0 Å². The first-order chi connectivity index (χ1) is 10.1. The molecule has 1 heterocycles. The van der Waals surface area contributed by atoms with Crippen molar-refractivity contribution in [3.05, 3.63) is 58.9 Å². The molecule has 4 nitrogen and oxygen atoms in total. The molecule has 1 aromatic heterocycles. The first-order valence-corrected chi connectivity index (χ1v) is 6.65. The molecule has 0 aliphatic rings. The highest BCUT2D eigenvalue weighted by molar-refractivity contribution is 6.04. The number of rotatable bonds is 2. The molecule has 2 rings (SSSR count). The van der Waals surface area contributed by atoms with Crippen molar-refractivity contribution < 1.29 is 4.79 Å². The maximum atomic E-state index is 12.4. The second-order valence-corrected chi connectivity index (χ2v) is 4.61. The molecule has 0 radical (unpaired) electrons. The standard InChI is InChI=1S/C17H17N3O/c1-12-6-3-9-15(13(12)2)20-17(21)16-14(7-4-10-18)8-5-11-19-16/h3,5-6,8-9,11H,10,18H2,1-2H3,(H,20,21). The molecule has 106 valence electrons. The lowest BCUT2D eigenvalue weighted by Gasteiger charge is -2.10. The topological polar surface area (TPSA) is 68.0 Å². The van der Waals surface area contributed by atoms with E-state index in [0.29, 0.717) is 11.3 Å². The van der Waals surface area contributed by atoms with E-state index < -0.39 is 0 Å². The summed E-state index contributed by atoms with van der Waals surface area (Å²) in [5.41, 5.74) is 9.19. The Morgan fingerprint density at radius 3 is 2.86 bits per heavy atom. The van der Waals surface area contributed by atoms with E-state index >= 15 is 0 Å². The van der Waals surface area contributed by atoms with E-state index in [-0.39, 0.29) is 12.5 Å². The van der Waals surface area contributed by atoms with Crippen LogP contribution in [0.3, 0.4) is 0 Å². The fourth-order valence-corrected chi connectivity index (χ4v) is 1.90. The summed E-state index contributed by atoms with van der Waals surface area (Å²) in [5.74, 6) is 5.34. The molecule has 2 aromatic rings. The quantitative estimate of drug-likeness (QED) is 0.829.